The van der Waals surface area contributed by atoms with E-state index in [0.29, 0.717) is 0 Å². The first-order valence-electron chi connectivity index (χ1n) is 28.1. The minimum absolute atomic E-state index is 0.114. The topological polar surface area (TPSA) is 11.4 Å². The van der Waals surface area contributed by atoms with Crippen molar-refractivity contribution in [1.82, 2.24) is 4.57 Å². The highest BCUT2D eigenvalue weighted by atomic mass is 32.1. The number of nitrogens with zero attached hydrogens (tertiary/aromatic N) is 3. The van der Waals surface area contributed by atoms with Gasteiger partial charge in [0.25, 0.3) is 6.71 Å². The third kappa shape index (κ3) is 7.54. The van der Waals surface area contributed by atoms with Crippen molar-refractivity contribution in [3.63, 3.8) is 0 Å². The van der Waals surface area contributed by atoms with Crippen molar-refractivity contribution in [3.8, 4) is 39.1 Å². The first kappa shape index (κ1) is 47.3. The molecule has 378 valence electrons. The van der Waals surface area contributed by atoms with Crippen LogP contribution in [0.2, 0.25) is 0 Å². The number of benzene rings is 11. The molecule has 0 aliphatic carbocycles. The van der Waals surface area contributed by atoms with E-state index >= 15 is 0 Å². The van der Waals surface area contributed by atoms with Crippen LogP contribution in [0.25, 0.3) is 81.0 Å². The number of fused-ring (bicyclic) bond motifs is 10. The van der Waals surface area contributed by atoms with Gasteiger partial charge in [-0.2, -0.15) is 0 Å². The second-order valence-corrected chi connectivity index (χ2v) is 23.7. The third-order valence-corrected chi connectivity index (χ3v) is 18.1. The summed E-state index contributed by atoms with van der Waals surface area (Å²) in [7, 11) is 0. The Bertz CT molecular complexity index is 4420. The molecule has 2 aliphatic heterocycles. The van der Waals surface area contributed by atoms with Crippen LogP contribution in [-0.4, -0.2) is 11.3 Å². The molecular weight excluding hydrogens is 974 g/mol. The quantitative estimate of drug-likeness (QED) is 0.134. The fourth-order valence-electron chi connectivity index (χ4n) is 13.2. The zero-order valence-corrected chi connectivity index (χ0v) is 45.9. The summed E-state index contributed by atoms with van der Waals surface area (Å²) >= 11 is 1.95. The minimum Gasteiger partial charge on any atom is -0.310 e. The number of hydrogen-bond acceptors (Lipinski definition) is 3. The van der Waals surface area contributed by atoms with Gasteiger partial charge in [-0.1, -0.05) is 228 Å². The molecule has 0 radical (unpaired) electrons. The Morgan fingerprint density at radius 2 is 1.01 bits per heavy atom. The summed E-state index contributed by atoms with van der Waals surface area (Å²) in [5.41, 5.74) is 24.4. The molecule has 0 fully saturated rings. The number of aromatic nitrogens is 1. The standard InChI is InChI=1S/C74H58BN3S/c1-5-6-23-51-38-41-60-59-32-18-21-37-69(59)79-73(60)71(51)78-66-47-54(76-63-35-19-16-30-57(63)58-31-17-20-36-64(58)76)40-42-61(66)75-62-44-52(48-24-10-7-11-25-48)39-43-65(62)77(67-45-53(74(2,3)4)46-68(78)70(67)75)72-55(49-26-12-8-13-27-49)33-22-34-56(72)50-28-14-9-15-29-50/h7-22,24-47H,5-6,23H2,1-4H3. The Hall–Kier alpha value is -8.90. The van der Waals surface area contributed by atoms with Crippen molar-refractivity contribution in [1.29, 1.82) is 0 Å². The monoisotopic (exact) mass is 1030 g/mol. The second kappa shape index (κ2) is 18.6. The third-order valence-electron chi connectivity index (χ3n) is 16.9. The van der Waals surface area contributed by atoms with Crippen molar-refractivity contribution in [3.05, 3.63) is 254 Å². The Kier molecular flexibility index (Phi) is 11.2. The van der Waals surface area contributed by atoms with Gasteiger partial charge in [0, 0.05) is 65.8 Å². The number of anilines is 6. The van der Waals surface area contributed by atoms with Crippen LogP contribution in [0.1, 0.15) is 51.7 Å². The van der Waals surface area contributed by atoms with Crippen LogP contribution in [0.4, 0.5) is 34.1 Å². The van der Waals surface area contributed by atoms with Crippen LogP contribution in [0.5, 0.6) is 0 Å². The van der Waals surface area contributed by atoms with E-state index in [4.69, 9.17) is 0 Å². The van der Waals surface area contributed by atoms with Gasteiger partial charge in [0.1, 0.15) is 0 Å². The van der Waals surface area contributed by atoms with Gasteiger partial charge in [-0.3, -0.25) is 0 Å². The Labute approximate surface area is 467 Å². The van der Waals surface area contributed by atoms with E-state index in [2.05, 4.69) is 285 Å². The molecule has 5 heteroatoms. The lowest BCUT2D eigenvalue weighted by molar-refractivity contribution is 0.590. The fourth-order valence-corrected chi connectivity index (χ4v) is 14.4. The molecule has 0 saturated heterocycles. The molecule has 0 atom stereocenters. The lowest BCUT2D eigenvalue weighted by Crippen LogP contribution is -2.61. The highest BCUT2D eigenvalue weighted by molar-refractivity contribution is 7.26. The summed E-state index contributed by atoms with van der Waals surface area (Å²) in [6.07, 6.45) is 3.17. The zero-order valence-electron chi connectivity index (χ0n) is 45.0. The van der Waals surface area contributed by atoms with E-state index < -0.39 is 0 Å². The van der Waals surface area contributed by atoms with Crippen molar-refractivity contribution < 1.29 is 0 Å². The molecule has 13 aromatic rings. The molecule has 0 bridgehead atoms. The Balaban J connectivity index is 1.12. The Morgan fingerprint density at radius 3 is 1.65 bits per heavy atom. The maximum atomic E-state index is 2.76. The lowest BCUT2D eigenvalue weighted by atomic mass is 9.33. The van der Waals surface area contributed by atoms with Crippen LogP contribution >= 0.6 is 11.3 Å². The van der Waals surface area contributed by atoms with Gasteiger partial charge >= 0.3 is 0 Å². The van der Waals surface area contributed by atoms with Gasteiger partial charge in [-0.25, -0.2) is 0 Å². The molecule has 2 aromatic heterocycles. The van der Waals surface area contributed by atoms with Crippen molar-refractivity contribution in [2.45, 2.75) is 52.4 Å². The van der Waals surface area contributed by atoms with Crippen LogP contribution < -0.4 is 26.2 Å². The van der Waals surface area contributed by atoms with Crippen LogP contribution in [-0.2, 0) is 11.8 Å². The summed E-state index contributed by atoms with van der Waals surface area (Å²) in [6.45, 7) is 9.38. The largest absolute Gasteiger partial charge is 0.310 e. The van der Waals surface area contributed by atoms with Gasteiger partial charge in [0.05, 0.1) is 27.1 Å². The summed E-state index contributed by atoms with van der Waals surface area (Å²) in [5.74, 6) is 0. The number of rotatable bonds is 9. The second-order valence-electron chi connectivity index (χ2n) is 22.6. The van der Waals surface area contributed by atoms with Gasteiger partial charge in [-0.05, 0) is 117 Å². The van der Waals surface area contributed by atoms with E-state index in [-0.39, 0.29) is 12.1 Å². The molecule has 11 aromatic carbocycles. The summed E-state index contributed by atoms with van der Waals surface area (Å²) < 4.78 is 5.14. The lowest BCUT2D eigenvalue weighted by Gasteiger charge is -2.46. The first-order valence-corrected chi connectivity index (χ1v) is 28.9. The molecule has 79 heavy (non-hydrogen) atoms. The van der Waals surface area contributed by atoms with Crippen molar-refractivity contribution >= 4 is 111 Å². The molecule has 0 spiro atoms. The van der Waals surface area contributed by atoms with Crippen molar-refractivity contribution in [2.75, 3.05) is 9.80 Å². The number of para-hydroxylation sites is 3. The normalized spacial score (nSPS) is 12.9. The maximum absolute atomic E-state index is 2.76. The van der Waals surface area contributed by atoms with Gasteiger partial charge in [-0.15, -0.1) is 11.3 Å². The maximum Gasteiger partial charge on any atom is 0.252 e. The number of aryl methyl sites for hydroxylation is 1. The molecule has 15 rings (SSSR count). The molecule has 0 amide bonds. The summed E-state index contributed by atoms with van der Waals surface area (Å²) in [6, 6.07) is 91.6. The summed E-state index contributed by atoms with van der Waals surface area (Å²) in [5, 5.41) is 5.14. The predicted molar refractivity (Wildman–Crippen MR) is 341 cm³/mol. The molecule has 0 saturated carbocycles. The molecule has 3 nitrogen and oxygen atoms in total. The van der Waals surface area contributed by atoms with E-state index in [0.717, 1.165) is 24.9 Å². The number of thiophene rings is 1. The zero-order chi connectivity index (χ0) is 52.9. The van der Waals surface area contributed by atoms with Crippen LogP contribution in [0, 0.1) is 0 Å². The average molecular weight is 1030 g/mol. The molecule has 2 aliphatic rings. The SMILES string of the molecule is CCCCc1ccc2c(sc3ccccc32)c1N1c2cc(-n3c4ccccc4c4ccccc43)ccc2B2c3cc(-c4ccccc4)ccc3N(c3c(-c4ccccc4)cccc3-c3ccccc3)c3cc(C(C)(C)C)cc1c32. The van der Waals surface area contributed by atoms with Crippen molar-refractivity contribution in [2.24, 2.45) is 0 Å². The van der Waals surface area contributed by atoms with Crippen LogP contribution in [0.15, 0.2) is 243 Å². The van der Waals surface area contributed by atoms with Gasteiger partial charge < -0.3 is 14.4 Å². The van der Waals surface area contributed by atoms with Crippen LogP contribution in [0.3, 0.4) is 0 Å². The Morgan fingerprint density at radius 1 is 0.430 bits per heavy atom. The first-order chi connectivity index (χ1) is 38.8. The molecule has 4 heterocycles. The van der Waals surface area contributed by atoms with E-state index in [1.807, 2.05) is 11.3 Å². The number of unbranched alkanes of at least 4 members (excludes halogenated alkanes) is 1. The smallest absolute Gasteiger partial charge is 0.252 e. The van der Waals surface area contributed by atoms with E-state index in [1.165, 1.54) is 137 Å². The molecule has 0 N–H and O–H groups in total. The molecule has 0 unspecified atom stereocenters. The minimum atomic E-state index is -0.212. The average Bonchev–Trinajstić information content (AvgIpc) is 4.09. The predicted octanol–water partition coefficient (Wildman–Crippen LogP) is 18.9. The fraction of sp³-hybridized carbons (Fsp3) is 0.108. The molecular formula is C74H58BN3S. The summed E-state index contributed by atoms with van der Waals surface area (Å²) in [4.78, 5) is 5.43. The van der Waals surface area contributed by atoms with E-state index in [1.54, 1.807) is 0 Å². The number of hydrogen-bond donors (Lipinski definition) is 0. The van der Waals surface area contributed by atoms with Gasteiger partial charge in [0.15, 0.2) is 0 Å². The van der Waals surface area contributed by atoms with Gasteiger partial charge in [0.2, 0.25) is 0 Å². The highest BCUT2D eigenvalue weighted by Gasteiger charge is 2.46. The van der Waals surface area contributed by atoms with E-state index in [9.17, 15) is 0 Å². The highest BCUT2D eigenvalue weighted by Crippen LogP contribution is 2.54.